The van der Waals surface area contributed by atoms with Gasteiger partial charge < -0.3 is 10.8 Å². The molecule has 0 spiro atoms. The van der Waals surface area contributed by atoms with E-state index in [9.17, 15) is 19.7 Å². The van der Waals surface area contributed by atoms with Crippen molar-refractivity contribution in [2.24, 2.45) is 5.73 Å². The van der Waals surface area contributed by atoms with Gasteiger partial charge in [-0.15, -0.1) is 0 Å². The van der Waals surface area contributed by atoms with Crippen molar-refractivity contribution in [1.29, 1.82) is 0 Å². The number of hydrogen-bond acceptors (Lipinski definition) is 6. The highest BCUT2D eigenvalue weighted by Crippen LogP contribution is 2.17. The molecular weight excluding hydrogens is 260 g/mol. The van der Waals surface area contributed by atoms with Crippen molar-refractivity contribution in [2.45, 2.75) is 6.04 Å². The molecule has 0 aliphatic heterocycles. The molecule has 96 valence electrons. The number of carbonyl (C=O) groups excluding carboxylic acids is 1. The minimum atomic E-state index is -1.18. The summed E-state index contributed by atoms with van der Waals surface area (Å²) in [5.41, 5.74) is 5.40. The number of thioether (sulfide) groups is 1. The summed E-state index contributed by atoms with van der Waals surface area (Å²) in [7, 11) is 0. The number of nitrogens with zero attached hydrogens (tertiary/aromatic N) is 1. The predicted molar refractivity (Wildman–Crippen MR) is 65.5 cm³/mol. The highest BCUT2D eigenvalue weighted by molar-refractivity contribution is 8.14. The maximum atomic E-state index is 11.6. The molecule has 1 rings (SSSR count). The van der Waals surface area contributed by atoms with Crippen LogP contribution in [0.5, 0.6) is 0 Å². The smallest absolute Gasteiger partial charge is 0.321 e. The van der Waals surface area contributed by atoms with Crippen molar-refractivity contribution in [3.63, 3.8) is 0 Å². The molecule has 0 saturated carbocycles. The van der Waals surface area contributed by atoms with Gasteiger partial charge in [-0.25, -0.2) is 0 Å². The highest BCUT2D eigenvalue weighted by atomic mass is 32.2. The molecule has 1 unspecified atom stereocenters. The Morgan fingerprint density at radius 3 is 2.39 bits per heavy atom. The number of carboxylic acid groups (broad SMARTS) is 1. The number of hydrogen-bond donors (Lipinski definition) is 2. The van der Waals surface area contributed by atoms with Gasteiger partial charge in [0.2, 0.25) is 5.12 Å². The summed E-state index contributed by atoms with van der Waals surface area (Å²) in [6.45, 7) is 0. The molecule has 0 radical (unpaired) electrons. The Morgan fingerprint density at radius 1 is 1.39 bits per heavy atom. The van der Waals surface area contributed by atoms with E-state index in [1.807, 2.05) is 0 Å². The number of aliphatic carboxylic acids is 1. The number of nitro groups is 1. The first-order valence-corrected chi connectivity index (χ1v) is 5.80. The zero-order chi connectivity index (χ0) is 13.7. The molecule has 18 heavy (non-hydrogen) atoms. The number of rotatable bonds is 5. The quantitative estimate of drug-likeness (QED) is 0.601. The van der Waals surface area contributed by atoms with Crippen LogP contribution in [0.15, 0.2) is 24.3 Å². The van der Waals surface area contributed by atoms with Gasteiger partial charge in [0.25, 0.3) is 5.69 Å². The molecule has 7 nitrogen and oxygen atoms in total. The predicted octanol–water partition coefficient (Wildman–Crippen LogP) is 0.880. The third kappa shape index (κ3) is 3.82. The Labute approximate surface area is 106 Å². The Hall–Kier alpha value is -1.93. The number of nitrogens with two attached hydrogens (primary N) is 1. The fraction of sp³-hybridized carbons (Fsp3) is 0.200. The minimum absolute atomic E-state index is 0.0504. The molecule has 0 heterocycles. The second kappa shape index (κ2) is 6.12. The van der Waals surface area contributed by atoms with Crippen molar-refractivity contribution in [1.82, 2.24) is 0 Å². The van der Waals surface area contributed by atoms with Crippen LogP contribution in [0.2, 0.25) is 0 Å². The molecule has 0 bridgehead atoms. The van der Waals surface area contributed by atoms with Gasteiger partial charge in [0, 0.05) is 23.4 Å². The molecule has 0 aliphatic carbocycles. The van der Waals surface area contributed by atoms with Gasteiger partial charge in [0.15, 0.2) is 0 Å². The Morgan fingerprint density at radius 2 is 1.94 bits per heavy atom. The third-order valence-corrected chi connectivity index (χ3v) is 3.05. The van der Waals surface area contributed by atoms with E-state index in [1.54, 1.807) is 0 Å². The molecule has 0 aromatic heterocycles. The fourth-order valence-electron chi connectivity index (χ4n) is 1.04. The van der Waals surface area contributed by atoms with Crippen LogP contribution in [-0.2, 0) is 4.79 Å². The van der Waals surface area contributed by atoms with Crippen LogP contribution in [0.4, 0.5) is 5.69 Å². The fourth-order valence-corrected chi connectivity index (χ4v) is 1.82. The highest BCUT2D eigenvalue weighted by Gasteiger charge is 2.15. The molecule has 1 aromatic carbocycles. The lowest BCUT2D eigenvalue weighted by Crippen LogP contribution is -2.32. The number of non-ortho nitro benzene ring substituents is 1. The Balaban J connectivity index is 2.62. The largest absolute Gasteiger partial charge is 0.480 e. The molecule has 0 fully saturated rings. The number of carbonyl (C=O) groups is 2. The van der Waals surface area contributed by atoms with Gasteiger partial charge in [0.1, 0.15) is 6.04 Å². The van der Waals surface area contributed by atoms with E-state index in [4.69, 9.17) is 10.8 Å². The maximum absolute atomic E-state index is 11.6. The third-order valence-electron chi connectivity index (χ3n) is 2.03. The van der Waals surface area contributed by atoms with Crippen LogP contribution >= 0.6 is 11.8 Å². The van der Waals surface area contributed by atoms with Crippen molar-refractivity contribution >= 4 is 28.5 Å². The van der Waals surface area contributed by atoms with Gasteiger partial charge in [-0.1, -0.05) is 11.8 Å². The van der Waals surface area contributed by atoms with E-state index in [0.717, 1.165) is 11.8 Å². The Kier molecular flexibility index (Phi) is 4.81. The molecular formula is C10H10N2O5S. The van der Waals surface area contributed by atoms with E-state index >= 15 is 0 Å². The van der Waals surface area contributed by atoms with E-state index in [0.29, 0.717) is 0 Å². The monoisotopic (exact) mass is 270 g/mol. The molecule has 3 N–H and O–H groups in total. The topological polar surface area (TPSA) is 124 Å². The SMILES string of the molecule is NC(CSC(=O)c1ccc([N+](=O)[O-])cc1)C(=O)O. The van der Waals surface area contributed by atoms with Crippen molar-refractivity contribution < 1.29 is 19.6 Å². The van der Waals surface area contributed by atoms with Crippen LogP contribution < -0.4 is 5.73 Å². The summed E-state index contributed by atoms with van der Waals surface area (Å²) in [5, 5.41) is 18.6. The molecule has 1 aromatic rings. The summed E-state index contributed by atoms with van der Waals surface area (Å²) in [4.78, 5) is 31.9. The first-order chi connectivity index (χ1) is 8.41. The summed E-state index contributed by atoms with van der Waals surface area (Å²) < 4.78 is 0. The van der Waals surface area contributed by atoms with E-state index < -0.39 is 16.9 Å². The number of benzene rings is 1. The molecule has 0 saturated heterocycles. The zero-order valence-electron chi connectivity index (χ0n) is 9.11. The minimum Gasteiger partial charge on any atom is -0.480 e. The summed E-state index contributed by atoms with van der Waals surface area (Å²) in [5.74, 6) is -1.23. The summed E-state index contributed by atoms with van der Waals surface area (Å²) in [6, 6.07) is 3.95. The normalized spacial score (nSPS) is 11.8. The maximum Gasteiger partial charge on any atom is 0.321 e. The average molecular weight is 270 g/mol. The Bertz CT molecular complexity index is 474. The van der Waals surface area contributed by atoms with Crippen LogP contribution in [0.3, 0.4) is 0 Å². The van der Waals surface area contributed by atoms with Gasteiger partial charge in [-0.2, -0.15) is 0 Å². The lowest BCUT2D eigenvalue weighted by atomic mass is 10.2. The van der Waals surface area contributed by atoms with Crippen molar-refractivity contribution in [2.75, 3.05) is 5.75 Å². The van der Waals surface area contributed by atoms with Crippen LogP contribution in [-0.4, -0.2) is 32.9 Å². The van der Waals surface area contributed by atoms with Gasteiger partial charge >= 0.3 is 5.97 Å². The average Bonchev–Trinajstić information content (AvgIpc) is 2.35. The van der Waals surface area contributed by atoms with Crippen LogP contribution in [0.1, 0.15) is 10.4 Å². The first kappa shape index (κ1) is 14.1. The lowest BCUT2D eigenvalue weighted by Gasteiger charge is -2.04. The molecule has 0 amide bonds. The van der Waals surface area contributed by atoms with Gasteiger partial charge in [-0.05, 0) is 12.1 Å². The molecule has 8 heteroatoms. The van der Waals surface area contributed by atoms with E-state index in [1.165, 1.54) is 24.3 Å². The van der Waals surface area contributed by atoms with Crippen molar-refractivity contribution in [3.05, 3.63) is 39.9 Å². The van der Waals surface area contributed by atoms with Crippen LogP contribution in [0.25, 0.3) is 0 Å². The van der Waals surface area contributed by atoms with Crippen molar-refractivity contribution in [3.8, 4) is 0 Å². The van der Waals surface area contributed by atoms with E-state index in [-0.39, 0.29) is 22.1 Å². The summed E-state index contributed by atoms with van der Waals surface area (Å²) >= 11 is 0.766. The number of nitro benzene ring substituents is 1. The van der Waals surface area contributed by atoms with Crippen LogP contribution in [0, 0.1) is 10.1 Å². The molecule has 1 atom stereocenters. The first-order valence-electron chi connectivity index (χ1n) is 4.82. The molecule has 0 aliphatic rings. The number of carboxylic acids is 1. The lowest BCUT2D eigenvalue weighted by molar-refractivity contribution is -0.384. The zero-order valence-corrected chi connectivity index (χ0v) is 9.92. The summed E-state index contributed by atoms with van der Waals surface area (Å²) in [6.07, 6.45) is 0. The van der Waals surface area contributed by atoms with Gasteiger partial charge in [0.05, 0.1) is 4.92 Å². The standard InChI is InChI=1S/C10H10N2O5S/c11-8(9(13)14)5-18-10(15)6-1-3-7(4-2-6)12(16)17/h1-4,8H,5,11H2,(H,13,14). The van der Waals surface area contributed by atoms with E-state index in [2.05, 4.69) is 0 Å². The van der Waals surface area contributed by atoms with Gasteiger partial charge in [-0.3, -0.25) is 19.7 Å². The second-order valence-electron chi connectivity index (χ2n) is 3.35. The second-order valence-corrected chi connectivity index (χ2v) is 4.34.